The van der Waals surface area contributed by atoms with Crippen LogP contribution in [0.15, 0.2) is 29.2 Å². The molecule has 2 atom stereocenters. The molecule has 2 aromatic heterocycles. The van der Waals surface area contributed by atoms with E-state index in [0.29, 0.717) is 6.54 Å². The molecule has 5 heteroatoms. The van der Waals surface area contributed by atoms with Crippen LogP contribution in [0.5, 0.6) is 0 Å². The third-order valence-electron chi connectivity index (χ3n) is 3.37. The summed E-state index contributed by atoms with van der Waals surface area (Å²) in [5, 5.41) is 22.1. The van der Waals surface area contributed by atoms with Gasteiger partial charge in [0.15, 0.2) is 0 Å². The van der Waals surface area contributed by atoms with Crippen molar-refractivity contribution >= 4 is 11.3 Å². The molecule has 0 saturated carbocycles. The fourth-order valence-electron chi connectivity index (χ4n) is 2.11. The topological polar surface area (TPSA) is 50.1 Å². The number of rotatable bonds is 6. The molecule has 0 aliphatic rings. The van der Waals surface area contributed by atoms with Gasteiger partial charge in [0.1, 0.15) is 5.60 Å². The summed E-state index contributed by atoms with van der Waals surface area (Å²) in [5.41, 5.74) is 1.28. The molecule has 4 nitrogen and oxygen atoms in total. The van der Waals surface area contributed by atoms with Gasteiger partial charge in [-0.3, -0.25) is 4.68 Å². The zero-order valence-electron chi connectivity index (χ0n) is 11.6. The van der Waals surface area contributed by atoms with Crippen molar-refractivity contribution in [2.24, 2.45) is 7.05 Å². The lowest BCUT2D eigenvalue weighted by molar-refractivity contribution is 0.0540. The number of aromatic nitrogens is 2. The summed E-state index contributed by atoms with van der Waals surface area (Å²) in [6.45, 7) is 4.50. The number of hydrogen-bond acceptors (Lipinski definition) is 4. The fourth-order valence-corrected chi connectivity index (χ4v) is 2.90. The Bertz CT molecular complexity index is 505. The van der Waals surface area contributed by atoms with Gasteiger partial charge < -0.3 is 10.4 Å². The highest BCUT2D eigenvalue weighted by Gasteiger charge is 2.24. The highest BCUT2D eigenvalue weighted by molar-refractivity contribution is 7.08. The van der Waals surface area contributed by atoms with E-state index in [0.717, 1.165) is 17.5 Å². The summed E-state index contributed by atoms with van der Waals surface area (Å²) in [4.78, 5) is 0. The molecule has 0 aliphatic carbocycles. The van der Waals surface area contributed by atoms with Crippen molar-refractivity contribution in [1.29, 1.82) is 0 Å². The van der Waals surface area contributed by atoms with Gasteiger partial charge in [-0.05, 0) is 35.7 Å². The first-order chi connectivity index (χ1) is 9.03. The number of nitrogens with one attached hydrogen (secondary N) is 1. The predicted octanol–water partition coefficient (Wildman–Crippen LogP) is 2.43. The van der Waals surface area contributed by atoms with Crippen LogP contribution in [0.25, 0.3) is 0 Å². The van der Waals surface area contributed by atoms with Crippen molar-refractivity contribution in [1.82, 2.24) is 15.1 Å². The Kier molecular flexibility index (Phi) is 4.39. The minimum absolute atomic E-state index is 0.221. The van der Waals surface area contributed by atoms with Gasteiger partial charge in [-0.15, -0.1) is 0 Å². The summed E-state index contributed by atoms with van der Waals surface area (Å²) in [5.74, 6) is 0. The monoisotopic (exact) mass is 279 g/mol. The third-order valence-corrected chi connectivity index (χ3v) is 4.05. The molecule has 0 bridgehead atoms. The lowest BCUT2D eigenvalue weighted by Crippen LogP contribution is -2.36. The predicted molar refractivity (Wildman–Crippen MR) is 78.1 cm³/mol. The van der Waals surface area contributed by atoms with Crippen molar-refractivity contribution in [3.8, 4) is 0 Å². The number of hydrogen-bond donors (Lipinski definition) is 2. The van der Waals surface area contributed by atoms with Crippen molar-refractivity contribution in [3.05, 3.63) is 40.3 Å². The average molecular weight is 279 g/mol. The molecule has 0 aromatic carbocycles. The van der Waals surface area contributed by atoms with Crippen LogP contribution in [0.3, 0.4) is 0 Å². The van der Waals surface area contributed by atoms with Crippen molar-refractivity contribution < 1.29 is 5.11 Å². The largest absolute Gasteiger partial charge is 0.384 e. The molecule has 19 heavy (non-hydrogen) atoms. The Hall–Kier alpha value is -1.17. The summed E-state index contributed by atoms with van der Waals surface area (Å²) < 4.78 is 1.80. The Labute approximate surface area is 118 Å². The van der Waals surface area contributed by atoms with Crippen LogP contribution in [-0.4, -0.2) is 21.4 Å². The molecular weight excluding hydrogens is 258 g/mol. The summed E-state index contributed by atoms with van der Waals surface area (Å²) >= 11 is 1.61. The molecule has 0 amide bonds. The first-order valence-corrected chi connectivity index (χ1v) is 7.44. The van der Waals surface area contributed by atoms with E-state index in [2.05, 4.69) is 17.3 Å². The second-order valence-electron chi connectivity index (χ2n) is 5.07. The Balaban J connectivity index is 2.00. The number of thiophene rings is 1. The van der Waals surface area contributed by atoms with Crippen LogP contribution in [0.2, 0.25) is 0 Å². The summed E-state index contributed by atoms with van der Waals surface area (Å²) in [6, 6.07) is 2.19. The maximum absolute atomic E-state index is 10.5. The lowest BCUT2D eigenvalue weighted by Gasteiger charge is -2.26. The van der Waals surface area contributed by atoms with Gasteiger partial charge in [-0.1, -0.05) is 6.92 Å². The Morgan fingerprint density at radius 2 is 2.37 bits per heavy atom. The van der Waals surface area contributed by atoms with Crippen molar-refractivity contribution in [2.75, 3.05) is 6.54 Å². The van der Waals surface area contributed by atoms with Crippen LogP contribution in [0.4, 0.5) is 0 Å². The Morgan fingerprint density at radius 3 is 2.89 bits per heavy atom. The van der Waals surface area contributed by atoms with E-state index in [1.807, 2.05) is 43.2 Å². The first-order valence-electron chi connectivity index (χ1n) is 6.50. The van der Waals surface area contributed by atoms with Gasteiger partial charge in [0, 0.05) is 31.4 Å². The Morgan fingerprint density at radius 1 is 1.58 bits per heavy atom. The molecule has 0 aliphatic heterocycles. The van der Waals surface area contributed by atoms with Crippen LogP contribution in [-0.2, 0) is 12.6 Å². The van der Waals surface area contributed by atoms with E-state index in [4.69, 9.17) is 0 Å². The zero-order valence-corrected chi connectivity index (χ0v) is 12.4. The van der Waals surface area contributed by atoms with Crippen molar-refractivity contribution in [2.45, 2.75) is 31.9 Å². The molecule has 0 saturated heterocycles. The average Bonchev–Trinajstić information content (AvgIpc) is 3.01. The molecule has 2 rings (SSSR count). The van der Waals surface area contributed by atoms with Gasteiger partial charge in [-0.25, -0.2) is 0 Å². The van der Waals surface area contributed by atoms with Gasteiger partial charge >= 0.3 is 0 Å². The van der Waals surface area contributed by atoms with Crippen LogP contribution in [0.1, 0.15) is 37.4 Å². The lowest BCUT2D eigenvalue weighted by atomic mass is 9.98. The quantitative estimate of drug-likeness (QED) is 0.854. The van der Waals surface area contributed by atoms with Gasteiger partial charge in [0.05, 0.1) is 6.20 Å². The van der Waals surface area contributed by atoms with Crippen LogP contribution >= 0.6 is 11.3 Å². The summed E-state index contributed by atoms with van der Waals surface area (Å²) in [7, 11) is 1.91. The fraction of sp³-hybridized carbons (Fsp3) is 0.500. The zero-order chi connectivity index (χ0) is 13.9. The number of nitrogens with zero attached hydrogens (tertiary/aromatic N) is 2. The van der Waals surface area contributed by atoms with Gasteiger partial charge in [-0.2, -0.15) is 16.4 Å². The molecule has 104 valence electrons. The molecule has 2 unspecified atom stereocenters. The van der Waals surface area contributed by atoms with Crippen LogP contribution in [0, 0.1) is 0 Å². The minimum Gasteiger partial charge on any atom is -0.384 e. The van der Waals surface area contributed by atoms with E-state index in [-0.39, 0.29) is 6.04 Å². The van der Waals surface area contributed by atoms with E-state index < -0.39 is 5.60 Å². The standard InChI is InChI=1S/C14H21N3OS/c1-4-13(11-7-16-17(3)8-11)15-10-14(2,18)12-5-6-19-9-12/h5-9,13,15,18H,4,10H2,1-3H3. The molecule has 0 radical (unpaired) electrons. The van der Waals surface area contributed by atoms with E-state index in [9.17, 15) is 5.11 Å². The van der Waals surface area contributed by atoms with Gasteiger partial charge in [0.25, 0.3) is 0 Å². The maximum atomic E-state index is 10.5. The first kappa shape index (κ1) is 14.2. The van der Waals surface area contributed by atoms with Crippen LogP contribution < -0.4 is 5.32 Å². The second-order valence-corrected chi connectivity index (χ2v) is 5.85. The third kappa shape index (κ3) is 3.43. The SMILES string of the molecule is CCC(NCC(C)(O)c1ccsc1)c1cnn(C)c1. The molecule has 2 aromatic rings. The number of aliphatic hydroxyl groups is 1. The van der Waals surface area contributed by atoms with E-state index in [1.54, 1.807) is 16.0 Å². The van der Waals surface area contributed by atoms with E-state index in [1.165, 1.54) is 0 Å². The molecule has 0 spiro atoms. The number of aryl methyl sites for hydroxylation is 1. The van der Waals surface area contributed by atoms with Gasteiger partial charge in [0.2, 0.25) is 0 Å². The smallest absolute Gasteiger partial charge is 0.100 e. The highest BCUT2D eigenvalue weighted by atomic mass is 32.1. The minimum atomic E-state index is -0.838. The van der Waals surface area contributed by atoms with Crippen molar-refractivity contribution in [3.63, 3.8) is 0 Å². The van der Waals surface area contributed by atoms with E-state index >= 15 is 0 Å². The highest BCUT2D eigenvalue weighted by Crippen LogP contribution is 2.24. The molecule has 0 fully saturated rings. The maximum Gasteiger partial charge on any atom is 0.100 e. The normalized spacial score (nSPS) is 16.2. The molecular formula is C14H21N3OS. The summed E-state index contributed by atoms with van der Waals surface area (Å²) in [6.07, 6.45) is 4.85. The second kappa shape index (κ2) is 5.86. The molecule has 2 heterocycles. The molecule has 2 N–H and O–H groups in total.